The Morgan fingerprint density at radius 1 is 0.589 bits per heavy atom. The number of fused-ring (bicyclic) bond motifs is 3. The number of nitrogens with zero attached hydrogens (tertiary/aromatic N) is 3. The number of rotatable bonds is 13. The molecule has 0 unspecified atom stereocenters. The molecule has 0 spiro atoms. The monoisotopic (exact) mass is 1190 g/mol. The number of alkyl halides is 1. The zero-order chi connectivity index (χ0) is 51.7. The summed E-state index contributed by atoms with van der Waals surface area (Å²) in [5.74, 6) is 9.80. The molecule has 0 aromatic heterocycles. The number of imide groups is 3. The Hall–Kier alpha value is -6.09. The van der Waals surface area contributed by atoms with Crippen LogP contribution >= 0.6 is 38.5 Å². The number of carbonyl (C=O) groups is 8. The maximum atomic E-state index is 12.3. The average molecular weight is 1190 g/mol. The SMILES string of the molecule is C.C#CCCBr.C#CCCN1C(=O)c2ccccc2C1=O.COCOc1ccc(C#CCCN2C(=O)c3ccccc3C2=O)cc1C=O.COCOc1ccc(I)cc1C=O.O=C1[N-]C(=O)c2ccccc21.[K+]. The van der Waals surface area contributed by atoms with Crippen molar-refractivity contribution in [1.82, 2.24) is 9.80 Å². The minimum absolute atomic E-state index is 0. The normalized spacial score (nSPS) is 11.8. The molecule has 0 saturated carbocycles. The molecule has 0 saturated heterocycles. The number of methoxy groups -OCH3 is 2. The van der Waals surface area contributed by atoms with Gasteiger partial charge in [-0.1, -0.05) is 83.7 Å². The number of terminal acetylenes is 2. The number of benzene rings is 5. The van der Waals surface area contributed by atoms with Gasteiger partial charge in [0.15, 0.2) is 26.2 Å². The summed E-state index contributed by atoms with van der Waals surface area (Å²) in [6.07, 6.45) is 13.0. The first-order valence-electron chi connectivity index (χ1n) is 21.2. The molecule has 73 heavy (non-hydrogen) atoms. The van der Waals surface area contributed by atoms with Gasteiger partial charge in [-0.25, -0.2) is 0 Å². The summed E-state index contributed by atoms with van der Waals surface area (Å²) < 4.78 is 21.0. The molecular formula is C55H48BrIKN3O12. The Bertz CT molecular complexity index is 2840. The minimum atomic E-state index is -0.425. The Balaban J connectivity index is 0.000000339. The van der Waals surface area contributed by atoms with Crippen LogP contribution in [0.15, 0.2) is 109 Å². The molecule has 3 heterocycles. The molecule has 15 nitrogen and oxygen atoms in total. The molecule has 5 aromatic carbocycles. The van der Waals surface area contributed by atoms with Crippen LogP contribution in [-0.4, -0.2) is 104 Å². The fraction of sp³-hybridized carbons (Fsp3) is 0.200. The molecule has 5 aromatic rings. The maximum absolute atomic E-state index is 12.3. The molecule has 0 N–H and O–H groups in total. The van der Waals surface area contributed by atoms with E-state index in [-0.39, 0.29) is 103 Å². The summed E-state index contributed by atoms with van der Waals surface area (Å²) in [5, 5.41) is 4.20. The fourth-order valence-corrected chi connectivity index (χ4v) is 7.10. The van der Waals surface area contributed by atoms with E-state index in [1.807, 2.05) is 6.07 Å². The number of hydrogen-bond acceptors (Lipinski definition) is 12. The third kappa shape index (κ3) is 18.1. The van der Waals surface area contributed by atoms with Gasteiger partial charge in [0.25, 0.3) is 23.6 Å². The van der Waals surface area contributed by atoms with E-state index in [9.17, 15) is 38.4 Å². The molecule has 0 radical (unpaired) electrons. The van der Waals surface area contributed by atoms with E-state index in [1.165, 1.54) is 24.0 Å². The zero-order valence-corrected chi connectivity index (χ0v) is 46.2. The van der Waals surface area contributed by atoms with Crippen LogP contribution in [0.4, 0.5) is 0 Å². The predicted molar refractivity (Wildman–Crippen MR) is 282 cm³/mol. The van der Waals surface area contributed by atoms with Gasteiger partial charge >= 0.3 is 51.4 Å². The topological polar surface area (TPSA) is 194 Å². The van der Waals surface area contributed by atoms with Crippen LogP contribution in [0.3, 0.4) is 0 Å². The molecule has 3 aliphatic heterocycles. The van der Waals surface area contributed by atoms with Crippen LogP contribution in [0, 0.1) is 40.1 Å². The van der Waals surface area contributed by atoms with Gasteiger partial charge in [0, 0.05) is 72.2 Å². The second kappa shape index (κ2) is 33.6. The standard InChI is InChI=1S/C21H17NO5.C12H9NO2.C9H9IO3.C8H5NO2.C4H5Br.CH4.K/c1-26-14-27-19-10-9-15(12-16(19)13-23)6-4-5-11-22-20(24)17-7-2-3-8-18(17)21(22)25;1-2-3-8-13-11(14)9-6-4-5-7-10(9)12(13)15;1-12-6-13-9-3-2-8(10)4-7(9)5-11;10-7-5-3-1-2-4-6(5)8(11)9-7;1-2-3-4-5;;/h2-3,7-10,12-13H,5,11,14H2,1H3;1,4-7H,3,8H2;2-5H,6H2,1H3;1-4H,(H,9,10,11);1H,3-4H2;1H4;/q;;;;;;+1/p-1. The zero-order valence-electron chi connectivity index (χ0n) is 39.4. The molecule has 0 aliphatic carbocycles. The van der Waals surface area contributed by atoms with Crippen molar-refractivity contribution >= 4 is 86.5 Å². The number of halogens is 2. The van der Waals surface area contributed by atoms with E-state index in [0.29, 0.717) is 87.2 Å². The first-order chi connectivity index (χ1) is 34.4. The van der Waals surface area contributed by atoms with Gasteiger partial charge in [0.05, 0.1) is 45.2 Å². The first kappa shape index (κ1) is 63.0. The summed E-state index contributed by atoms with van der Waals surface area (Å²) in [6, 6.07) is 30.6. The third-order valence-electron chi connectivity index (χ3n) is 9.66. The summed E-state index contributed by atoms with van der Waals surface area (Å²) >= 11 is 5.30. The van der Waals surface area contributed by atoms with Crippen LogP contribution in [0.2, 0.25) is 0 Å². The van der Waals surface area contributed by atoms with Gasteiger partial charge in [-0.3, -0.25) is 38.6 Å². The fourth-order valence-electron chi connectivity index (χ4n) is 6.35. The quantitative estimate of drug-likeness (QED) is 0.0243. The number of aldehydes is 2. The Morgan fingerprint density at radius 2 is 0.986 bits per heavy atom. The van der Waals surface area contributed by atoms with Gasteiger partial charge in [-0.15, -0.1) is 24.7 Å². The molecular weight excluding hydrogens is 1140 g/mol. The third-order valence-corrected chi connectivity index (χ3v) is 10.7. The van der Waals surface area contributed by atoms with Crippen molar-refractivity contribution in [2.45, 2.75) is 26.7 Å². The minimum Gasteiger partial charge on any atom is -0.587 e. The molecule has 370 valence electrons. The molecule has 8 rings (SSSR count). The molecule has 0 fully saturated rings. The van der Waals surface area contributed by atoms with Crippen LogP contribution < -0.4 is 60.9 Å². The first-order valence-corrected chi connectivity index (χ1v) is 23.4. The smallest absolute Gasteiger partial charge is 0.587 e. The van der Waals surface area contributed by atoms with Crippen LogP contribution in [0.25, 0.3) is 5.32 Å². The number of amides is 6. The van der Waals surface area contributed by atoms with E-state index >= 15 is 0 Å². The largest absolute Gasteiger partial charge is 1.00 e. The number of ether oxygens (including phenoxy) is 4. The molecule has 0 bridgehead atoms. The molecule has 0 atom stereocenters. The van der Waals surface area contributed by atoms with Crippen LogP contribution in [0.5, 0.6) is 11.5 Å². The van der Waals surface area contributed by atoms with Crippen LogP contribution in [0.1, 0.15) is 115 Å². The summed E-state index contributed by atoms with van der Waals surface area (Å²) in [4.78, 5) is 94.0. The van der Waals surface area contributed by atoms with E-state index < -0.39 is 11.8 Å². The second-order valence-electron chi connectivity index (χ2n) is 14.3. The number of hydrogen-bond donors (Lipinski definition) is 0. The van der Waals surface area contributed by atoms with E-state index in [2.05, 4.69) is 67.5 Å². The summed E-state index contributed by atoms with van der Waals surface area (Å²) in [6.45, 7) is 0.714. The van der Waals surface area contributed by atoms with Crippen molar-refractivity contribution in [2.75, 3.05) is 46.2 Å². The van der Waals surface area contributed by atoms with Gasteiger partial charge < -0.3 is 33.9 Å². The molecule has 18 heteroatoms. The Morgan fingerprint density at radius 3 is 1.37 bits per heavy atom. The molecule has 3 aliphatic rings. The van der Waals surface area contributed by atoms with Crippen molar-refractivity contribution in [3.63, 3.8) is 0 Å². The Labute approximate surface area is 489 Å². The number of carbonyl (C=O) groups excluding carboxylic acids is 8. The average Bonchev–Trinajstić information content (AvgIpc) is 3.93. The summed E-state index contributed by atoms with van der Waals surface area (Å²) in [5.41, 5.74) is 4.19. The second-order valence-corrected chi connectivity index (χ2v) is 16.3. The molecule has 6 amide bonds. The van der Waals surface area contributed by atoms with Crippen molar-refractivity contribution in [1.29, 1.82) is 0 Å². The van der Waals surface area contributed by atoms with Crippen molar-refractivity contribution in [2.24, 2.45) is 0 Å². The van der Waals surface area contributed by atoms with Gasteiger partial charge in [-0.05, 0) is 83.3 Å². The van der Waals surface area contributed by atoms with Crippen LogP contribution in [-0.2, 0) is 9.47 Å². The van der Waals surface area contributed by atoms with Crippen molar-refractivity contribution in [3.8, 4) is 48.0 Å². The Kier molecular flexibility index (Phi) is 29.0. The van der Waals surface area contributed by atoms with Crippen molar-refractivity contribution < 1.29 is 109 Å². The van der Waals surface area contributed by atoms with Gasteiger partial charge in [-0.2, -0.15) is 0 Å². The van der Waals surface area contributed by atoms with Gasteiger partial charge in [0.1, 0.15) is 11.5 Å². The maximum Gasteiger partial charge on any atom is 1.00 e. The van der Waals surface area contributed by atoms with E-state index in [1.54, 1.807) is 103 Å². The predicted octanol–water partition coefficient (Wildman–Crippen LogP) is 6.31. The van der Waals surface area contributed by atoms with E-state index in [0.717, 1.165) is 21.6 Å². The van der Waals surface area contributed by atoms with Gasteiger partial charge in [0.2, 0.25) is 0 Å². The summed E-state index contributed by atoms with van der Waals surface area (Å²) in [7, 11) is 3.03. The van der Waals surface area contributed by atoms with E-state index in [4.69, 9.17) is 31.8 Å². The van der Waals surface area contributed by atoms with Crippen molar-refractivity contribution in [3.05, 3.63) is 168 Å².